The number of aliphatic hydroxyl groups is 1. The third kappa shape index (κ3) is 3.61. The summed E-state index contributed by atoms with van der Waals surface area (Å²) in [5.41, 5.74) is 0.246. The number of halogens is 2. The van der Waals surface area contributed by atoms with Gasteiger partial charge in [-0.15, -0.1) is 0 Å². The SMILES string of the molecule is CN(CC1CCCC1O)C(=O)Nc1cc(F)ccc1Cl. The Morgan fingerprint density at radius 2 is 2.30 bits per heavy atom. The Morgan fingerprint density at radius 3 is 2.95 bits per heavy atom. The Morgan fingerprint density at radius 1 is 1.55 bits per heavy atom. The molecule has 2 rings (SSSR count). The van der Waals surface area contributed by atoms with Crippen LogP contribution in [0.1, 0.15) is 19.3 Å². The molecule has 4 nitrogen and oxygen atoms in total. The van der Waals surface area contributed by atoms with E-state index in [1.807, 2.05) is 0 Å². The van der Waals surface area contributed by atoms with Gasteiger partial charge in [-0.2, -0.15) is 0 Å². The van der Waals surface area contributed by atoms with Crippen molar-refractivity contribution in [3.8, 4) is 0 Å². The lowest BCUT2D eigenvalue weighted by molar-refractivity contribution is 0.116. The summed E-state index contributed by atoms with van der Waals surface area (Å²) in [6.45, 7) is 0.472. The summed E-state index contributed by atoms with van der Waals surface area (Å²) in [6, 6.07) is 3.44. The first-order valence-electron chi connectivity index (χ1n) is 6.62. The minimum atomic E-state index is -0.460. The molecule has 2 atom stereocenters. The van der Waals surface area contributed by atoms with E-state index in [1.165, 1.54) is 23.1 Å². The molecule has 1 aliphatic carbocycles. The van der Waals surface area contributed by atoms with Gasteiger partial charge >= 0.3 is 6.03 Å². The monoisotopic (exact) mass is 300 g/mol. The molecule has 2 unspecified atom stereocenters. The lowest BCUT2D eigenvalue weighted by atomic mass is 10.1. The van der Waals surface area contributed by atoms with Crippen LogP contribution in [0.25, 0.3) is 0 Å². The molecular weight excluding hydrogens is 283 g/mol. The van der Waals surface area contributed by atoms with E-state index in [2.05, 4.69) is 5.32 Å². The molecule has 1 aromatic carbocycles. The second-order valence-electron chi connectivity index (χ2n) is 5.19. The molecule has 110 valence electrons. The van der Waals surface area contributed by atoms with Gasteiger partial charge in [-0.1, -0.05) is 18.0 Å². The lowest BCUT2D eigenvalue weighted by Gasteiger charge is -2.23. The van der Waals surface area contributed by atoms with Gasteiger partial charge in [-0.05, 0) is 31.0 Å². The van der Waals surface area contributed by atoms with Crippen molar-refractivity contribution in [1.29, 1.82) is 0 Å². The summed E-state index contributed by atoms with van der Waals surface area (Å²) in [4.78, 5) is 13.5. The van der Waals surface area contributed by atoms with E-state index in [0.29, 0.717) is 6.54 Å². The number of hydrogen-bond donors (Lipinski definition) is 2. The highest BCUT2D eigenvalue weighted by atomic mass is 35.5. The molecule has 1 saturated carbocycles. The Bertz CT molecular complexity index is 498. The van der Waals surface area contributed by atoms with Crippen LogP contribution < -0.4 is 5.32 Å². The van der Waals surface area contributed by atoms with E-state index in [1.54, 1.807) is 7.05 Å². The van der Waals surface area contributed by atoms with Crippen molar-refractivity contribution in [2.75, 3.05) is 18.9 Å². The predicted molar refractivity (Wildman–Crippen MR) is 76.4 cm³/mol. The number of carbonyl (C=O) groups is 1. The minimum Gasteiger partial charge on any atom is -0.393 e. The maximum absolute atomic E-state index is 13.1. The second kappa shape index (κ2) is 6.41. The average Bonchev–Trinajstić information content (AvgIpc) is 2.79. The molecule has 20 heavy (non-hydrogen) atoms. The van der Waals surface area contributed by atoms with Gasteiger partial charge < -0.3 is 15.3 Å². The number of benzene rings is 1. The van der Waals surface area contributed by atoms with Crippen molar-refractivity contribution in [2.24, 2.45) is 5.92 Å². The predicted octanol–water partition coefficient (Wildman–Crippen LogP) is 3.10. The summed E-state index contributed by atoms with van der Waals surface area (Å²) in [5.74, 6) is -0.354. The Balaban J connectivity index is 1.95. The fourth-order valence-electron chi connectivity index (χ4n) is 2.47. The summed E-state index contributed by atoms with van der Waals surface area (Å²) in [5, 5.41) is 12.6. The van der Waals surface area contributed by atoms with Crippen molar-refractivity contribution in [1.82, 2.24) is 4.90 Å². The highest BCUT2D eigenvalue weighted by Gasteiger charge is 2.27. The third-order valence-corrected chi connectivity index (χ3v) is 3.97. The topological polar surface area (TPSA) is 52.6 Å². The second-order valence-corrected chi connectivity index (χ2v) is 5.60. The molecule has 0 radical (unpaired) electrons. The maximum atomic E-state index is 13.1. The van der Waals surface area contributed by atoms with Crippen molar-refractivity contribution >= 4 is 23.3 Å². The van der Waals surface area contributed by atoms with Crippen LogP contribution in [0.5, 0.6) is 0 Å². The van der Waals surface area contributed by atoms with Crippen LogP contribution in [-0.2, 0) is 0 Å². The van der Waals surface area contributed by atoms with E-state index >= 15 is 0 Å². The lowest BCUT2D eigenvalue weighted by Crippen LogP contribution is -2.37. The van der Waals surface area contributed by atoms with E-state index in [9.17, 15) is 14.3 Å². The molecule has 1 aromatic rings. The smallest absolute Gasteiger partial charge is 0.321 e. The first-order valence-corrected chi connectivity index (χ1v) is 7.00. The summed E-state index contributed by atoms with van der Waals surface area (Å²) in [7, 11) is 1.65. The van der Waals surface area contributed by atoms with E-state index in [4.69, 9.17) is 11.6 Å². The highest BCUT2D eigenvalue weighted by molar-refractivity contribution is 6.33. The number of urea groups is 1. The Hall–Kier alpha value is -1.33. The van der Waals surface area contributed by atoms with Gasteiger partial charge in [-0.3, -0.25) is 0 Å². The van der Waals surface area contributed by atoms with Crippen molar-refractivity contribution in [2.45, 2.75) is 25.4 Å². The summed E-state index contributed by atoms with van der Waals surface area (Å²) in [6.07, 6.45) is 2.34. The molecule has 1 fully saturated rings. The molecule has 0 spiro atoms. The minimum absolute atomic E-state index is 0.105. The van der Waals surface area contributed by atoms with E-state index in [0.717, 1.165) is 19.3 Å². The maximum Gasteiger partial charge on any atom is 0.321 e. The Kier molecular flexibility index (Phi) is 4.83. The van der Waals surface area contributed by atoms with Gasteiger partial charge in [0, 0.05) is 19.5 Å². The first kappa shape index (κ1) is 15.1. The standard InChI is InChI=1S/C14H18ClFN2O2/c1-18(8-9-3-2-4-13(9)19)14(20)17-12-7-10(16)5-6-11(12)15/h5-7,9,13,19H,2-4,8H2,1H3,(H,17,20). The number of anilines is 1. The van der Waals surface area contributed by atoms with Gasteiger partial charge in [-0.25, -0.2) is 9.18 Å². The molecule has 0 heterocycles. The molecule has 2 N–H and O–H groups in total. The number of amides is 2. The van der Waals surface area contributed by atoms with E-state index < -0.39 is 5.82 Å². The zero-order chi connectivity index (χ0) is 14.7. The normalized spacial score (nSPS) is 21.8. The summed E-state index contributed by atoms with van der Waals surface area (Å²) >= 11 is 5.90. The van der Waals surface area contributed by atoms with Crippen LogP contribution in [0.15, 0.2) is 18.2 Å². The van der Waals surface area contributed by atoms with Crippen LogP contribution in [0.2, 0.25) is 5.02 Å². The van der Waals surface area contributed by atoms with Gasteiger partial charge in [0.05, 0.1) is 16.8 Å². The molecular formula is C14H18ClFN2O2. The van der Waals surface area contributed by atoms with Crippen molar-refractivity contribution < 1.29 is 14.3 Å². The van der Waals surface area contributed by atoms with Crippen molar-refractivity contribution in [3.63, 3.8) is 0 Å². The largest absolute Gasteiger partial charge is 0.393 e. The quantitative estimate of drug-likeness (QED) is 0.901. The van der Waals surface area contributed by atoms with Crippen LogP contribution in [0.4, 0.5) is 14.9 Å². The molecule has 1 aliphatic rings. The number of aliphatic hydroxyl groups excluding tert-OH is 1. The summed E-state index contributed by atoms with van der Waals surface area (Å²) < 4.78 is 13.1. The fraction of sp³-hybridized carbons (Fsp3) is 0.500. The first-order chi connectivity index (χ1) is 9.47. The number of hydrogen-bond acceptors (Lipinski definition) is 2. The molecule has 0 saturated heterocycles. The van der Waals surface area contributed by atoms with Gasteiger partial charge in [0.15, 0.2) is 0 Å². The number of rotatable bonds is 3. The highest BCUT2D eigenvalue weighted by Crippen LogP contribution is 2.27. The Labute approximate surface area is 122 Å². The van der Waals surface area contributed by atoms with Gasteiger partial charge in [0.2, 0.25) is 0 Å². The molecule has 0 bridgehead atoms. The zero-order valence-corrected chi connectivity index (χ0v) is 12.0. The molecule has 0 aliphatic heterocycles. The van der Waals surface area contributed by atoms with Crippen molar-refractivity contribution in [3.05, 3.63) is 29.0 Å². The zero-order valence-electron chi connectivity index (χ0n) is 11.3. The van der Waals surface area contributed by atoms with Crippen LogP contribution in [0, 0.1) is 11.7 Å². The molecule has 6 heteroatoms. The number of carbonyl (C=O) groups excluding carboxylic acids is 1. The average molecular weight is 301 g/mol. The van der Waals surface area contributed by atoms with Crippen LogP contribution in [-0.4, -0.2) is 35.7 Å². The fourth-order valence-corrected chi connectivity index (χ4v) is 2.63. The van der Waals surface area contributed by atoms with Gasteiger partial charge in [0.25, 0.3) is 0 Å². The van der Waals surface area contributed by atoms with Crippen LogP contribution in [0.3, 0.4) is 0 Å². The van der Waals surface area contributed by atoms with Crippen LogP contribution >= 0.6 is 11.6 Å². The van der Waals surface area contributed by atoms with Gasteiger partial charge in [0.1, 0.15) is 5.82 Å². The molecule has 2 amide bonds. The molecule has 0 aromatic heterocycles. The third-order valence-electron chi connectivity index (χ3n) is 3.64. The van der Waals surface area contributed by atoms with E-state index in [-0.39, 0.29) is 28.8 Å². The number of nitrogens with zero attached hydrogens (tertiary/aromatic N) is 1. The number of nitrogens with one attached hydrogen (secondary N) is 1.